The monoisotopic (exact) mass is 273 g/mol. The predicted octanol–water partition coefficient (Wildman–Crippen LogP) is 2.38. The van der Waals surface area contributed by atoms with Crippen LogP contribution in [-0.4, -0.2) is 23.3 Å². The molecule has 84 valence electrons. The highest BCUT2D eigenvalue weighted by molar-refractivity contribution is 9.10. The van der Waals surface area contributed by atoms with Gasteiger partial charge in [0.25, 0.3) is 0 Å². The fraction of sp³-hybridized carbons (Fsp3) is 0.545. The summed E-state index contributed by atoms with van der Waals surface area (Å²) in [6, 6.07) is 1.97. The number of aliphatic hydroxyl groups excluding tert-OH is 1. The third kappa shape index (κ3) is 4.73. The van der Waals surface area contributed by atoms with Crippen LogP contribution < -0.4 is 0 Å². The summed E-state index contributed by atoms with van der Waals surface area (Å²) >= 11 is 3.35. The number of aliphatic hydroxyl groups is 1. The fourth-order valence-corrected chi connectivity index (χ4v) is 1.44. The van der Waals surface area contributed by atoms with E-state index in [1.807, 2.05) is 19.9 Å². The summed E-state index contributed by atoms with van der Waals surface area (Å²) in [6.45, 7) is 5.12. The van der Waals surface area contributed by atoms with Gasteiger partial charge in [0.1, 0.15) is 0 Å². The van der Waals surface area contributed by atoms with Crippen LogP contribution in [0.15, 0.2) is 22.9 Å². The lowest BCUT2D eigenvalue weighted by Crippen LogP contribution is -2.23. The van der Waals surface area contributed by atoms with Crippen LogP contribution in [0, 0.1) is 5.41 Å². The Balaban J connectivity index is 2.38. The van der Waals surface area contributed by atoms with E-state index in [9.17, 15) is 0 Å². The molecule has 4 heteroatoms. The third-order valence-corrected chi connectivity index (χ3v) is 2.38. The van der Waals surface area contributed by atoms with Gasteiger partial charge in [0.2, 0.25) is 0 Å². The molecule has 0 saturated carbocycles. The van der Waals surface area contributed by atoms with E-state index in [1.165, 1.54) is 0 Å². The molecule has 0 aliphatic rings. The summed E-state index contributed by atoms with van der Waals surface area (Å²) in [4.78, 5) is 4.04. The molecule has 0 aliphatic heterocycles. The fourth-order valence-electron chi connectivity index (χ4n) is 1.03. The average Bonchev–Trinajstić information content (AvgIpc) is 2.18. The van der Waals surface area contributed by atoms with Crippen LogP contribution in [0.1, 0.15) is 19.4 Å². The SMILES string of the molecule is CC(C)(CO)COCc1cncc(Br)c1. The van der Waals surface area contributed by atoms with Crippen molar-refractivity contribution in [1.29, 1.82) is 0 Å². The van der Waals surface area contributed by atoms with E-state index in [-0.39, 0.29) is 12.0 Å². The van der Waals surface area contributed by atoms with Gasteiger partial charge in [-0.2, -0.15) is 0 Å². The van der Waals surface area contributed by atoms with E-state index < -0.39 is 0 Å². The van der Waals surface area contributed by atoms with Crippen LogP contribution in [-0.2, 0) is 11.3 Å². The highest BCUT2D eigenvalue weighted by Crippen LogP contribution is 2.15. The molecule has 1 rings (SSSR count). The maximum absolute atomic E-state index is 9.04. The number of nitrogens with zero attached hydrogens (tertiary/aromatic N) is 1. The molecule has 0 atom stereocenters. The van der Waals surface area contributed by atoms with Gasteiger partial charge in [0.05, 0.1) is 19.8 Å². The van der Waals surface area contributed by atoms with Crippen molar-refractivity contribution in [2.45, 2.75) is 20.5 Å². The second kappa shape index (κ2) is 5.58. The van der Waals surface area contributed by atoms with Crippen LogP contribution in [0.25, 0.3) is 0 Å². The van der Waals surface area contributed by atoms with Gasteiger partial charge in [-0.1, -0.05) is 13.8 Å². The second-order valence-corrected chi connectivity index (χ2v) is 5.24. The molecule has 3 nitrogen and oxygen atoms in total. The first kappa shape index (κ1) is 12.6. The standard InChI is InChI=1S/C11H16BrNO2/c1-11(2,7-14)8-15-6-9-3-10(12)5-13-4-9/h3-5,14H,6-8H2,1-2H3. The number of hydrogen-bond donors (Lipinski definition) is 1. The van der Waals surface area contributed by atoms with Gasteiger partial charge in [-0.15, -0.1) is 0 Å². The number of rotatable bonds is 5. The molecule has 0 aliphatic carbocycles. The van der Waals surface area contributed by atoms with E-state index in [2.05, 4.69) is 20.9 Å². The third-order valence-electron chi connectivity index (χ3n) is 1.95. The van der Waals surface area contributed by atoms with Gasteiger partial charge in [0.15, 0.2) is 0 Å². The Kier molecular flexibility index (Phi) is 4.70. The first-order valence-corrected chi connectivity index (χ1v) is 5.61. The summed E-state index contributed by atoms with van der Waals surface area (Å²) in [5.41, 5.74) is 0.845. The predicted molar refractivity (Wildman–Crippen MR) is 62.5 cm³/mol. The van der Waals surface area contributed by atoms with E-state index in [1.54, 1.807) is 12.4 Å². The zero-order valence-corrected chi connectivity index (χ0v) is 10.6. The summed E-state index contributed by atoms with van der Waals surface area (Å²) in [7, 11) is 0. The van der Waals surface area contributed by atoms with Crippen molar-refractivity contribution in [1.82, 2.24) is 4.98 Å². The Morgan fingerprint density at radius 3 is 2.80 bits per heavy atom. The molecular formula is C11H16BrNO2. The lowest BCUT2D eigenvalue weighted by molar-refractivity contribution is 0.0196. The molecule has 0 spiro atoms. The molecule has 0 fully saturated rings. The van der Waals surface area contributed by atoms with Gasteiger partial charge < -0.3 is 9.84 Å². The lowest BCUT2D eigenvalue weighted by atomic mass is 9.97. The molecule has 0 aromatic carbocycles. The van der Waals surface area contributed by atoms with Crippen molar-refractivity contribution in [2.24, 2.45) is 5.41 Å². The van der Waals surface area contributed by atoms with E-state index >= 15 is 0 Å². The quantitative estimate of drug-likeness (QED) is 0.896. The van der Waals surface area contributed by atoms with E-state index in [0.29, 0.717) is 13.2 Å². The maximum atomic E-state index is 9.04. The second-order valence-electron chi connectivity index (χ2n) is 4.33. The Labute approximate surface area is 98.6 Å². The smallest absolute Gasteiger partial charge is 0.0732 e. The zero-order valence-electron chi connectivity index (χ0n) is 9.03. The van der Waals surface area contributed by atoms with Gasteiger partial charge in [-0.3, -0.25) is 4.98 Å². The van der Waals surface area contributed by atoms with Crippen LogP contribution in [0.5, 0.6) is 0 Å². The highest BCUT2D eigenvalue weighted by Gasteiger charge is 2.16. The van der Waals surface area contributed by atoms with Crippen LogP contribution in [0.4, 0.5) is 0 Å². The molecule has 1 heterocycles. The average molecular weight is 274 g/mol. The van der Waals surface area contributed by atoms with Crippen molar-refractivity contribution < 1.29 is 9.84 Å². The molecule has 1 N–H and O–H groups in total. The van der Waals surface area contributed by atoms with Crippen molar-refractivity contribution in [2.75, 3.05) is 13.2 Å². The number of aromatic nitrogens is 1. The van der Waals surface area contributed by atoms with Crippen LogP contribution in [0.2, 0.25) is 0 Å². The largest absolute Gasteiger partial charge is 0.396 e. The van der Waals surface area contributed by atoms with Crippen molar-refractivity contribution in [3.05, 3.63) is 28.5 Å². The maximum Gasteiger partial charge on any atom is 0.0732 e. The molecule has 0 saturated heterocycles. The van der Waals surface area contributed by atoms with E-state index in [4.69, 9.17) is 9.84 Å². The highest BCUT2D eigenvalue weighted by atomic mass is 79.9. The summed E-state index contributed by atoms with van der Waals surface area (Å²) in [5, 5.41) is 9.04. The molecule has 0 bridgehead atoms. The first-order valence-electron chi connectivity index (χ1n) is 4.81. The minimum absolute atomic E-state index is 0.129. The van der Waals surface area contributed by atoms with Gasteiger partial charge in [0, 0.05) is 22.3 Å². The summed E-state index contributed by atoms with van der Waals surface area (Å²) < 4.78 is 6.46. The number of ether oxygens (including phenoxy) is 1. The topological polar surface area (TPSA) is 42.4 Å². The molecule has 0 radical (unpaired) electrons. The van der Waals surface area contributed by atoms with E-state index in [0.717, 1.165) is 10.0 Å². The minimum Gasteiger partial charge on any atom is -0.396 e. The Bertz CT molecular complexity index is 315. The van der Waals surface area contributed by atoms with Crippen LogP contribution >= 0.6 is 15.9 Å². The molecule has 0 unspecified atom stereocenters. The Morgan fingerprint density at radius 1 is 1.47 bits per heavy atom. The summed E-state index contributed by atoms with van der Waals surface area (Å²) in [5.74, 6) is 0. The minimum atomic E-state index is -0.181. The molecular weight excluding hydrogens is 258 g/mol. The number of halogens is 1. The van der Waals surface area contributed by atoms with Gasteiger partial charge >= 0.3 is 0 Å². The Morgan fingerprint density at radius 2 is 2.20 bits per heavy atom. The number of pyridine rings is 1. The molecule has 0 amide bonds. The van der Waals surface area contributed by atoms with Crippen molar-refractivity contribution >= 4 is 15.9 Å². The van der Waals surface area contributed by atoms with Gasteiger partial charge in [-0.05, 0) is 27.6 Å². The Hall–Kier alpha value is -0.450. The van der Waals surface area contributed by atoms with Gasteiger partial charge in [-0.25, -0.2) is 0 Å². The lowest BCUT2D eigenvalue weighted by Gasteiger charge is -2.21. The van der Waals surface area contributed by atoms with Crippen LogP contribution in [0.3, 0.4) is 0 Å². The summed E-state index contributed by atoms with van der Waals surface area (Å²) in [6.07, 6.45) is 3.51. The normalized spacial score (nSPS) is 11.7. The van der Waals surface area contributed by atoms with Crippen molar-refractivity contribution in [3.63, 3.8) is 0 Å². The first-order chi connectivity index (χ1) is 7.03. The zero-order chi connectivity index (χ0) is 11.3. The van der Waals surface area contributed by atoms with Crippen molar-refractivity contribution in [3.8, 4) is 0 Å². The molecule has 1 aromatic rings. The number of hydrogen-bond acceptors (Lipinski definition) is 3. The molecule has 1 aromatic heterocycles. The molecule has 15 heavy (non-hydrogen) atoms.